The van der Waals surface area contributed by atoms with Gasteiger partial charge in [-0.3, -0.25) is 9.59 Å². The van der Waals surface area contributed by atoms with Gasteiger partial charge < -0.3 is 14.3 Å². The van der Waals surface area contributed by atoms with Crippen LogP contribution in [0.3, 0.4) is 0 Å². The summed E-state index contributed by atoms with van der Waals surface area (Å²) in [5.74, 6) is -1.58. The summed E-state index contributed by atoms with van der Waals surface area (Å²) in [6, 6.07) is 3.25. The fourth-order valence-electron chi connectivity index (χ4n) is 1.22. The van der Waals surface area contributed by atoms with E-state index in [0.29, 0.717) is 5.76 Å². The summed E-state index contributed by atoms with van der Waals surface area (Å²) in [5, 5.41) is 8.99. The largest absolute Gasteiger partial charge is 0.480 e. The molecule has 0 aliphatic carbocycles. The van der Waals surface area contributed by atoms with E-state index in [2.05, 4.69) is 4.74 Å². The Labute approximate surface area is 86.6 Å². The first-order valence-corrected chi connectivity index (χ1v) is 4.35. The van der Waals surface area contributed by atoms with Gasteiger partial charge in [0.25, 0.3) is 0 Å². The Bertz CT molecular complexity index is 354. The zero-order valence-electron chi connectivity index (χ0n) is 8.52. The molecule has 1 heterocycles. The number of ether oxygens (including phenoxy) is 1. The van der Waals surface area contributed by atoms with Gasteiger partial charge in [0.1, 0.15) is 5.76 Å². The molecule has 1 aromatic heterocycles. The molecule has 0 fully saturated rings. The van der Waals surface area contributed by atoms with Gasteiger partial charge in [-0.1, -0.05) is 0 Å². The molecule has 15 heavy (non-hydrogen) atoms. The smallest absolute Gasteiger partial charge is 0.323 e. The zero-order chi connectivity index (χ0) is 11.5. The molecule has 0 radical (unpaired) electrons. The number of carbonyl (C=O) groups excluding carboxylic acids is 1. The number of rotatable bonds is 4. The van der Waals surface area contributed by atoms with Crippen molar-refractivity contribution in [3.05, 3.63) is 24.2 Å². The van der Waals surface area contributed by atoms with E-state index in [1.165, 1.54) is 13.2 Å². The second kappa shape index (κ2) is 4.16. The fourth-order valence-corrected chi connectivity index (χ4v) is 1.22. The highest BCUT2D eigenvalue weighted by atomic mass is 16.5. The first kappa shape index (κ1) is 11.3. The van der Waals surface area contributed by atoms with Crippen molar-refractivity contribution in [1.82, 2.24) is 0 Å². The molecule has 82 valence electrons. The highest BCUT2D eigenvalue weighted by Gasteiger charge is 2.43. The minimum atomic E-state index is -1.60. The lowest BCUT2D eigenvalue weighted by Gasteiger charge is -2.20. The van der Waals surface area contributed by atoms with E-state index in [4.69, 9.17) is 9.52 Å². The number of aliphatic carboxylic acids is 1. The van der Waals surface area contributed by atoms with Crippen LogP contribution in [0.1, 0.15) is 12.7 Å². The molecule has 1 rings (SSSR count). The maximum Gasteiger partial charge on any atom is 0.323 e. The second-order valence-electron chi connectivity index (χ2n) is 3.38. The molecule has 1 N–H and O–H groups in total. The van der Waals surface area contributed by atoms with Crippen LogP contribution in [0.5, 0.6) is 0 Å². The third kappa shape index (κ3) is 2.18. The van der Waals surface area contributed by atoms with Crippen molar-refractivity contribution in [2.24, 2.45) is 5.41 Å². The van der Waals surface area contributed by atoms with Gasteiger partial charge >= 0.3 is 11.9 Å². The number of carboxylic acids is 1. The normalized spacial score (nSPS) is 14.3. The van der Waals surface area contributed by atoms with Crippen LogP contribution in [0, 0.1) is 5.41 Å². The van der Waals surface area contributed by atoms with Crippen LogP contribution in [0.2, 0.25) is 0 Å². The molecule has 0 amide bonds. The molecule has 0 bridgehead atoms. The summed E-state index contributed by atoms with van der Waals surface area (Å²) in [7, 11) is 1.16. The van der Waals surface area contributed by atoms with Crippen LogP contribution < -0.4 is 0 Å². The highest BCUT2D eigenvalue weighted by molar-refractivity contribution is 5.98. The van der Waals surface area contributed by atoms with Crippen molar-refractivity contribution in [3.8, 4) is 0 Å². The van der Waals surface area contributed by atoms with Gasteiger partial charge in [0.05, 0.1) is 13.4 Å². The van der Waals surface area contributed by atoms with Crippen molar-refractivity contribution in [2.75, 3.05) is 7.11 Å². The van der Waals surface area contributed by atoms with Crippen LogP contribution in [0.25, 0.3) is 0 Å². The molecule has 1 aromatic rings. The Kier molecular flexibility index (Phi) is 3.14. The summed E-state index contributed by atoms with van der Waals surface area (Å²) in [5.41, 5.74) is -1.60. The van der Waals surface area contributed by atoms with Crippen LogP contribution >= 0.6 is 0 Å². The van der Waals surface area contributed by atoms with Crippen molar-refractivity contribution >= 4 is 11.9 Å². The monoisotopic (exact) mass is 212 g/mol. The van der Waals surface area contributed by atoms with Crippen LogP contribution in [0.15, 0.2) is 22.8 Å². The minimum absolute atomic E-state index is 0.0258. The molecule has 5 heteroatoms. The lowest BCUT2D eigenvalue weighted by Crippen LogP contribution is -2.39. The van der Waals surface area contributed by atoms with Crippen molar-refractivity contribution < 1.29 is 23.8 Å². The molecule has 1 unspecified atom stereocenters. The van der Waals surface area contributed by atoms with Crippen molar-refractivity contribution in [2.45, 2.75) is 13.3 Å². The number of esters is 1. The third-order valence-electron chi connectivity index (χ3n) is 2.22. The maximum absolute atomic E-state index is 11.4. The molecule has 5 nitrogen and oxygen atoms in total. The lowest BCUT2D eigenvalue weighted by molar-refractivity contribution is -0.165. The van der Waals surface area contributed by atoms with Crippen molar-refractivity contribution in [3.63, 3.8) is 0 Å². The van der Waals surface area contributed by atoms with E-state index in [1.807, 2.05) is 0 Å². The molecule has 0 saturated heterocycles. The van der Waals surface area contributed by atoms with E-state index < -0.39 is 17.4 Å². The summed E-state index contributed by atoms with van der Waals surface area (Å²) >= 11 is 0. The Morgan fingerprint density at radius 1 is 1.60 bits per heavy atom. The zero-order valence-corrected chi connectivity index (χ0v) is 8.52. The van der Waals surface area contributed by atoms with Gasteiger partial charge in [-0.2, -0.15) is 0 Å². The Morgan fingerprint density at radius 2 is 2.27 bits per heavy atom. The minimum Gasteiger partial charge on any atom is -0.480 e. The van der Waals surface area contributed by atoms with E-state index in [1.54, 1.807) is 12.1 Å². The standard InChI is InChI=1S/C10H12O5/c1-10(8(11)12,9(13)14-2)6-7-4-3-5-15-7/h3-5H,6H2,1-2H3,(H,11,12). The van der Waals surface area contributed by atoms with Gasteiger partial charge in [-0.25, -0.2) is 0 Å². The Hall–Kier alpha value is -1.78. The van der Waals surface area contributed by atoms with Gasteiger partial charge in [-0.05, 0) is 19.1 Å². The number of carboxylic acid groups (broad SMARTS) is 1. The third-order valence-corrected chi connectivity index (χ3v) is 2.22. The molecular weight excluding hydrogens is 200 g/mol. The number of hydrogen-bond acceptors (Lipinski definition) is 4. The SMILES string of the molecule is COC(=O)C(C)(Cc1ccco1)C(=O)O. The van der Waals surface area contributed by atoms with E-state index in [-0.39, 0.29) is 6.42 Å². The molecule has 1 atom stereocenters. The number of methoxy groups -OCH3 is 1. The Morgan fingerprint density at radius 3 is 2.67 bits per heavy atom. The molecule has 0 aromatic carbocycles. The molecular formula is C10H12O5. The molecule has 0 saturated carbocycles. The van der Waals surface area contributed by atoms with Crippen molar-refractivity contribution in [1.29, 1.82) is 0 Å². The first-order chi connectivity index (χ1) is 7.00. The average Bonchev–Trinajstić information content (AvgIpc) is 2.68. The number of furan rings is 1. The van der Waals surface area contributed by atoms with Crippen LogP contribution in [-0.2, 0) is 20.7 Å². The topological polar surface area (TPSA) is 76.7 Å². The van der Waals surface area contributed by atoms with Gasteiger partial charge in [0.15, 0.2) is 5.41 Å². The highest BCUT2D eigenvalue weighted by Crippen LogP contribution is 2.24. The fraction of sp³-hybridized carbons (Fsp3) is 0.400. The second-order valence-corrected chi connectivity index (χ2v) is 3.38. The van der Waals surface area contributed by atoms with E-state index >= 15 is 0 Å². The maximum atomic E-state index is 11.4. The van der Waals surface area contributed by atoms with E-state index in [0.717, 1.165) is 7.11 Å². The quantitative estimate of drug-likeness (QED) is 0.597. The van der Waals surface area contributed by atoms with E-state index in [9.17, 15) is 9.59 Å². The van der Waals surface area contributed by atoms with Gasteiger partial charge in [-0.15, -0.1) is 0 Å². The van der Waals surface area contributed by atoms with Crippen LogP contribution in [0.4, 0.5) is 0 Å². The lowest BCUT2D eigenvalue weighted by atomic mass is 9.86. The van der Waals surface area contributed by atoms with Gasteiger partial charge in [0.2, 0.25) is 0 Å². The summed E-state index contributed by atoms with van der Waals surface area (Å²) in [6.07, 6.45) is 1.40. The summed E-state index contributed by atoms with van der Waals surface area (Å²) in [6.45, 7) is 1.31. The predicted octanol–water partition coefficient (Wildman–Crippen LogP) is 1.09. The first-order valence-electron chi connectivity index (χ1n) is 4.35. The summed E-state index contributed by atoms with van der Waals surface area (Å²) < 4.78 is 9.47. The predicted molar refractivity (Wildman–Crippen MR) is 50.2 cm³/mol. The number of hydrogen-bond donors (Lipinski definition) is 1. The molecule has 0 spiro atoms. The average molecular weight is 212 g/mol. The van der Waals surface area contributed by atoms with Gasteiger partial charge in [0, 0.05) is 6.42 Å². The molecule has 0 aliphatic rings. The molecule has 0 aliphatic heterocycles. The van der Waals surface area contributed by atoms with Crippen LogP contribution in [-0.4, -0.2) is 24.2 Å². The summed E-state index contributed by atoms with van der Waals surface area (Å²) in [4.78, 5) is 22.4. The number of carbonyl (C=O) groups is 2. The Balaban J connectivity index is 2.92.